The second kappa shape index (κ2) is 7.28. The summed E-state index contributed by atoms with van der Waals surface area (Å²) in [6, 6.07) is 12.2. The maximum absolute atomic E-state index is 5.73. The molecule has 2 aromatic rings. The van der Waals surface area contributed by atoms with E-state index < -0.39 is 0 Å². The molecule has 4 heteroatoms. The molecule has 0 spiro atoms. The van der Waals surface area contributed by atoms with Crippen LogP contribution in [0.15, 0.2) is 36.4 Å². The SMILES string of the molecule is CNCc1ccc(COCc2cccc(OC)c2)s1. The summed E-state index contributed by atoms with van der Waals surface area (Å²) >= 11 is 1.79. The maximum Gasteiger partial charge on any atom is 0.119 e. The van der Waals surface area contributed by atoms with E-state index in [4.69, 9.17) is 9.47 Å². The van der Waals surface area contributed by atoms with Crippen LogP contribution in [0.4, 0.5) is 0 Å². The molecule has 0 unspecified atom stereocenters. The molecule has 0 aliphatic carbocycles. The number of rotatable bonds is 7. The third-order valence-corrected chi connectivity index (χ3v) is 3.77. The van der Waals surface area contributed by atoms with Crippen molar-refractivity contribution in [2.24, 2.45) is 0 Å². The van der Waals surface area contributed by atoms with Crippen molar-refractivity contribution in [2.75, 3.05) is 14.2 Å². The minimum Gasteiger partial charge on any atom is -0.497 e. The smallest absolute Gasteiger partial charge is 0.119 e. The van der Waals surface area contributed by atoms with Crippen molar-refractivity contribution in [1.82, 2.24) is 5.32 Å². The van der Waals surface area contributed by atoms with Crippen molar-refractivity contribution in [3.63, 3.8) is 0 Å². The van der Waals surface area contributed by atoms with Crippen molar-refractivity contribution < 1.29 is 9.47 Å². The molecule has 0 fully saturated rings. The monoisotopic (exact) mass is 277 g/mol. The van der Waals surface area contributed by atoms with Gasteiger partial charge in [0.15, 0.2) is 0 Å². The van der Waals surface area contributed by atoms with Crippen molar-refractivity contribution in [3.8, 4) is 5.75 Å². The first kappa shape index (κ1) is 14.1. The molecule has 0 aliphatic rings. The summed E-state index contributed by atoms with van der Waals surface area (Å²) in [6.45, 7) is 2.18. The molecule has 0 saturated carbocycles. The van der Waals surface area contributed by atoms with Gasteiger partial charge in [0.25, 0.3) is 0 Å². The van der Waals surface area contributed by atoms with E-state index in [9.17, 15) is 0 Å². The predicted molar refractivity (Wildman–Crippen MR) is 78.6 cm³/mol. The molecule has 1 aromatic heterocycles. The largest absolute Gasteiger partial charge is 0.497 e. The summed E-state index contributed by atoms with van der Waals surface area (Å²) in [7, 11) is 3.63. The fourth-order valence-corrected chi connectivity index (χ4v) is 2.77. The number of benzene rings is 1. The zero-order valence-corrected chi connectivity index (χ0v) is 12.1. The molecule has 1 N–H and O–H groups in total. The van der Waals surface area contributed by atoms with Crippen LogP contribution < -0.4 is 10.1 Å². The lowest BCUT2D eigenvalue weighted by Gasteiger charge is -2.05. The van der Waals surface area contributed by atoms with Gasteiger partial charge in [0.2, 0.25) is 0 Å². The number of hydrogen-bond donors (Lipinski definition) is 1. The van der Waals surface area contributed by atoms with Gasteiger partial charge in [-0.15, -0.1) is 11.3 Å². The molecule has 1 aromatic carbocycles. The minimum atomic E-state index is 0.608. The van der Waals surface area contributed by atoms with E-state index in [1.54, 1.807) is 18.4 Å². The molecular formula is C15H19NO2S. The van der Waals surface area contributed by atoms with Gasteiger partial charge in [-0.05, 0) is 36.9 Å². The first-order chi connectivity index (χ1) is 9.31. The summed E-state index contributed by atoms with van der Waals surface area (Å²) < 4.78 is 10.9. The second-order valence-electron chi connectivity index (χ2n) is 4.24. The van der Waals surface area contributed by atoms with Crippen molar-refractivity contribution in [3.05, 3.63) is 51.7 Å². The van der Waals surface area contributed by atoms with Crippen LogP contribution >= 0.6 is 11.3 Å². The third kappa shape index (κ3) is 4.35. The molecule has 3 nitrogen and oxygen atoms in total. The summed E-state index contributed by atoms with van der Waals surface area (Å²) in [4.78, 5) is 2.59. The van der Waals surface area contributed by atoms with Gasteiger partial charge in [-0.3, -0.25) is 0 Å². The van der Waals surface area contributed by atoms with Crippen LogP contribution in [0.3, 0.4) is 0 Å². The molecular weight excluding hydrogens is 258 g/mol. The number of methoxy groups -OCH3 is 1. The maximum atomic E-state index is 5.73. The Kier molecular flexibility index (Phi) is 5.39. The molecule has 0 aliphatic heterocycles. The van der Waals surface area contributed by atoms with E-state index in [0.29, 0.717) is 13.2 Å². The van der Waals surface area contributed by atoms with E-state index in [1.165, 1.54) is 9.75 Å². The molecule has 0 radical (unpaired) electrons. The van der Waals surface area contributed by atoms with Crippen LogP contribution in [-0.2, 0) is 24.5 Å². The quantitative estimate of drug-likeness (QED) is 0.843. The Balaban J connectivity index is 1.81. The topological polar surface area (TPSA) is 30.5 Å². The van der Waals surface area contributed by atoms with Crippen LogP contribution in [-0.4, -0.2) is 14.2 Å². The summed E-state index contributed by atoms with van der Waals surface area (Å²) in [6.07, 6.45) is 0. The zero-order valence-electron chi connectivity index (χ0n) is 11.3. The Morgan fingerprint density at radius 1 is 1.11 bits per heavy atom. The van der Waals surface area contributed by atoms with Gasteiger partial charge in [0.05, 0.1) is 20.3 Å². The first-order valence-corrected chi connectivity index (χ1v) is 7.06. The standard InChI is InChI=1S/C15H19NO2S/c1-16-9-14-6-7-15(19-14)11-18-10-12-4-3-5-13(8-12)17-2/h3-8,16H,9-11H2,1-2H3. The lowest BCUT2D eigenvalue weighted by atomic mass is 10.2. The van der Waals surface area contributed by atoms with Crippen LogP contribution in [0.2, 0.25) is 0 Å². The summed E-state index contributed by atoms with van der Waals surface area (Å²) in [5, 5.41) is 3.15. The number of thiophene rings is 1. The average Bonchev–Trinajstić information content (AvgIpc) is 2.87. The van der Waals surface area contributed by atoms with E-state index in [-0.39, 0.29) is 0 Å². The highest BCUT2D eigenvalue weighted by Gasteiger charge is 2.01. The fraction of sp³-hybridized carbons (Fsp3) is 0.333. The lowest BCUT2D eigenvalue weighted by molar-refractivity contribution is 0.109. The van der Waals surface area contributed by atoms with Crippen molar-refractivity contribution >= 4 is 11.3 Å². The van der Waals surface area contributed by atoms with Crippen molar-refractivity contribution in [1.29, 1.82) is 0 Å². The van der Waals surface area contributed by atoms with Gasteiger partial charge in [-0.2, -0.15) is 0 Å². The number of ether oxygens (including phenoxy) is 2. The van der Waals surface area contributed by atoms with Crippen LogP contribution in [0.5, 0.6) is 5.75 Å². The Hall–Kier alpha value is -1.36. The highest BCUT2D eigenvalue weighted by Crippen LogP contribution is 2.18. The van der Waals surface area contributed by atoms with E-state index >= 15 is 0 Å². The van der Waals surface area contributed by atoms with E-state index in [1.807, 2.05) is 31.3 Å². The number of hydrogen-bond acceptors (Lipinski definition) is 4. The van der Waals surface area contributed by atoms with Gasteiger partial charge in [-0.1, -0.05) is 12.1 Å². The second-order valence-corrected chi connectivity index (χ2v) is 5.50. The predicted octanol–water partition coefficient (Wildman–Crippen LogP) is 3.19. The van der Waals surface area contributed by atoms with Crippen LogP contribution in [0.1, 0.15) is 15.3 Å². The molecule has 1 heterocycles. The average molecular weight is 277 g/mol. The third-order valence-electron chi connectivity index (χ3n) is 2.72. The zero-order chi connectivity index (χ0) is 13.5. The molecule has 0 amide bonds. The Bertz CT molecular complexity index is 510. The fourth-order valence-electron chi connectivity index (χ4n) is 1.80. The highest BCUT2D eigenvalue weighted by molar-refractivity contribution is 7.11. The Labute approximate surface area is 118 Å². The van der Waals surface area contributed by atoms with Gasteiger partial charge < -0.3 is 14.8 Å². The highest BCUT2D eigenvalue weighted by atomic mass is 32.1. The molecule has 2 rings (SSSR count). The molecule has 0 atom stereocenters. The lowest BCUT2D eigenvalue weighted by Crippen LogP contribution is -2.02. The van der Waals surface area contributed by atoms with Gasteiger partial charge >= 0.3 is 0 Å². The number of nitrogens with one attached hydrogen (secondary N) is 1. The molecule has 102 valence electrons. The first-order valence-electron chi connectivity index (χ1n) is 6.24. The Morgan fingerprint density at radius 2 is 1.95 bits per heavy atom. The Morgan fingerprint density at radius 3 is 2.74 bits per heavy atom. The molecule has 0 saturated heterocycles. The molecule has 0 bridgehead atoms. The van der Waals surface area contributed by atoms with Gasteiger partial charge in [0.1, 0.15) is 5.75 Å². The van der Waals surface area contributed by atoms with E-state index in [0.717, 1.165) is 17.9 Å². The van der Waals surface area contributed by atoms with E-state index in [2.05, 4.69) is 17.4 Å². The van der Waals surface area contributed by atoms with Crippen molar-refractivity contribution in [2.45, 2.75) is 19.8 Å². The normalized spacial score (nSPS) is 10.6. The van der Waals surface area contributed by atoms with Gasteiger partial charge in [0, 0.05) is 16.3 Å². The minimum absolute atomic E-state index is 0.608. The van der Waals surface area contributed by atoms with Crippen LogP contribution in [0.25, 0.3) is 0 Å². The summed E-state index contributed by atoms with van der Waals surface area (Å²) in [5.41, 5.74) is 1.13. The molecule has 19 heavy (non-hydrogen) atoms. The summed E-state index contributed by atoms with van der Waals surface area (Å²) in [5.74, 6) is 0.869. The van der Waals surface area contributed by atoms with Gasteiger partial charge in [-0.25, -0.2) is 0 Å². The van der Waals surface area contributed by atoms with Crippen LogP contribution in [0, 0.1) is 0 Å².